The summed E-state index contributed by atoms with van der Waals surface area (Å²) in [4.78, 5) is 24.7. The summed E-state index contributed by atoms with van der Waals surface area (Å²) >= 11 is 0. The molecule has 1 atom stereocenters. The zero-order valence-corrected chi connectivity index (χ0v) is 25.8. The average molecular weight is 644 g/mol. The maximum Gasteiger partial charge on any atom is 0.308 e. The molecule has 13 heteroatoms. The number of benzene rings is 3. The van der Waals surface area contributed by atoms with Gasteiger partial charge in [0.05, 0.1) is 27.7 Å². The quantitative estimate of drug-likeness (QED) is 0.192. The molecule has 4 heterocycles. The number of sulfone groups is 1. The summed E-state index contributed by atoms with van der Waals surface area (Å²) in [6.07, 6.45) is 3.88. The normalized spacial score (nSPS) is 15.6. The summed E-state index contributed by atoms with van der Waals surface area (Å²) < 4.78 is 65.3. The molecule has 46 heavy (non-hydrogen) atoms. The molecule has 234 valence electrons. The fourth-order valence-electron chi connectivity index (χ4n) is 6.02. The number of piperidine rings is 1. The van der Waals surface area contributed by atoms with Crippen LogP contribution in [0.1, 0.15) is 42.6 Å². The number of hydrogen-bond acceptors (Lipinski definition) is 8. The first kappa shape index (κ1) is 29.5. The van der Waals surface area contributed by atoms with Gasteiger partial charge in [0.15, 0.2) is 21.5 Å². The van der Waals surface area contributed by atoms with Crippen LogP contribution < -0.4 is 4.90 Å². The highest BCUT2D eigenvalue weighted by Crippen LogP contribution is 2.39. The molecule has 0 N–H and O–H groups in total. The zero-order valence-electron chi connectivity index (χ0n) is 25.0. The Hall–Kier alpha value is -5.17. The van der Waals surface area contributed by atoms with Gasteiger partial charge in [-0.2, -0.15) is 4.98 Å². The van der Waals surface area contributed by atoms with Crippen molar-refractivity contribution in [3.63, 3.8) is 0 Å². The second kappa shape index (κ2) is 11.0. The van der Waals surface area contributed by atoms with Crippen LogP contribution >= 0.6 is 0 Å². The van der Waals surface area contributed by atoms with E-state index in [-0.39, 0.29) is 28.9 Å². The molecule has 1 aliphatic rings. The Kier molecular flexibility index (Phi) is 7.07. The standard InChI is InChI=1S/C33H27F2N5O5S/c1-18-31(19(2)45-38-18)21-9-14-28-26(15-21)36-32(29-5-4-6-30(41)39(29)22-10-13-24(34)25(35)16-22)40(28)33-37-27(17-44-33)20-7-11-23(12-8-20)46(3,42)43/h7-17,29H,4-6H2,1-3H3/t29-/m0/s1. The molecule has 10 nitrogen and oxygen atoms in total. The highest BCUT2D eigenvalue weighted by Gasteiger charge is 2.36. The molecule has 0 unspecified atom stereocenters. The predicted molar refractivity (Wildman–Crippen MR) is 165 cm³/mol. The van der Waals surface area contributed by atoms with Crippen LogP contribution in [-0.2, 0) is 14.6 Å². The molecule has 6 aromatic rings. The number of anilines is 1. The second-order valence-corrected chi connectivity index (χ2v) is 13.3. The van der Waals surface area contributed by atoms with Crippen molar-refractivity contribution in [2.45, 2.75) is 44.0 Å². The van der Waals surface area contributed by atoms with Gasteiger partial charge in [-0.1, -0.05) is 23.4 Å². The first-order chi connectivity index (χ1) is 22.0. The minimum absolute atomic E-state index is 0.160. The van der Waals surface area contributed by atoms with Crippen molar-refractivity contribution in [1.82, 2.24) is 19.7 Å². The molecule has 0 radical (unpaired) electrons. The number of amides is 1. The van der Waals surface area contributed by atoms with E-state index in [9.17, 15) is 22.0 Å². The van der Waals surface area contributed by atoms with Crippen molar-refractivity contribution < 1.29 is 30.9 Å². The number of nitrogens with zero attached hydrogens (tertiary/aromatic N) is 5. The summed E-state index contributed by atoms with van der Waals surface area (Å²) in [7, 11) is -3.38. The van der Waals surface area contributed by atoms with Crippen LogP contribution in [-0.4, -0.2) is 40.3 Å². The van der Waals surface area contributed by atoms with Gasteiger partial charge in [-0.05, 0) is 68.7 Å². The Morgan fingerprint density at radius 3 is 2.39 bits per heavy atom. The van der Waals surface area contributed by atoms with Crippen LogP contribution in [0.4, 0.5) is 14.5 Å². The summed E-state index contributed by atoms with van der Waals surface area (Å²) in [5.41, 5.74) is 4.89. The molecular formula is C33H27F2N5O5S. The summed E-state index contributed by atoms with van der Waals surface area (Å²) in [5.74, 6) is -1.26. The molecule has 0 bridgehead atoms. The first-order valence-electron chi connectivity index (χ1n) is 14.5. The fourth-order valence-corrected chi connectivity index (χ4v) is 6.65. The van der Waals surface area contributed by atoms with E-state index >= 15 is 0 Å². The lowest BCUT2D eigenvalue weighted by molar-refractivity contribution is -0.120. The van der Waals surface area contributed by atoms with Crippen molar-refractivity contribution in [3.05, 3.63) is 95.8 Å². The largest absolute Gasteiger partial charge is 0.431 e. The zero-order chi connectivity index (χ0) is 32.3. The lowest BCUT2D eigenvalue weighted by Crippen LogP contribution is -2.39. The van der Waals surface area contributed by atoms with Gasteiger partial charge in [-0.25, -0.2) is 26.7 Å². The van der Waals surface area contributed by atoms with Crippen LogP contribution in [0.15, 0.2) is 80.8 Å². The van der Waals surface area contributed by atoms with E-state index in [4.69, 9.17) is 18.9 Å². The van der Waals surface area contributed by atoms with E-state index in [0.29, 0.717) is 46.7 Å². The van der Waals surface area contributed by atoms with Crippen LogP contribution in [0, 0.1) is 25.5 Å². The van der Waals surface area contributed by atoms with E-state index < -0.39 is 27.5 Å². The summed E-state index contributed by atoms with van der Waals surface area (Å²) in [6, 6.07) is 14.8. The molecule has 0 spiro atoms. The molecule has 3 aromatic carbocycles. The van der Waals surface area contributed by atoms with Gasteiger partial charge in [0.25, 0.3) is 0 Å². The minimum Gasteiger partial charge on any atom is -0.431 e. The topological polar surface area (TPSA) is 124 Å². The van der Waals surface area contributed by atoms with Gasteiger partial charge in [0, 0.05) is 35.6 Å². The van der Waals surface area contributed by atoms with Gasteiger partial charge in [-0.15, -0.1) is 0 Å². The van der Waals surface area contributed by atoms with Crippen molar-refractivity contribution in [3.8, 4) is 28.4 Å². The molecule has 1 saturated heterocycles. The lowest BCUT2D eigenvalue weighted by Gasteiger charge is -2.35. The van der Waals surface area contributed by atoms with Crippen LogP contribution in [0.2, 0.25) is 0 Å². The number of carbonyl (C=O) groups excluding carboxylic acids is 1. The van der Waals surface area contributed by atoms with Gasteiger partial charge < -0.3 is 13.8 Å². The molecule has 3 aromatic heterocycles. The van der Waals surface area contributed by atoms with Crippen LogP contribution in [0.5, 0.6) is 0 Å². The minimum atomic E-state index is -3.38. The van der Waals surface area contributed by atoms with Crippen molar-refractivity contribution in [2.75, 3.05) is 11.2 Å². The Balaban J connectivity index is 1.40. The average Bonchev–Trinajstić information content (AvgIpc) is 3.74. The van der Waals surface area contributed by atoms with Crippen molar-refractivity contribution in [1.29, 1.82) is 0 Å². The monoisotopic (exact) mass is 643 g/mol. The van der Waals surface area contributed by atoms with Gasteiger partial charge in [0.1, 0.15) is 23.5 Å². The van der Waals surface area contributed by atoms with Gasteiger partial charge >= 0.3 is 6.01 Å². The van der Waals surface area contributed by atoms with E-state index in [2.05, 4.69) is 5.16 Å². The number of oxazole rings is 1. The van der Waals surface area contributed by atoms with Crippen molar-refractivity contribution in [2.24, 2.45) is 0 Å². The van der Waals surface area contributed by atoms with Crippen molar-refractivity contribution >= 4 is 32.5 Å². The third kappa shape index (κ3) is 5.06. The number of aromatic nitrogens is 4. The molecule has 0 aliphatic carbocycles. The maximum absolute atomic E-state index is 14.4. The molecule has 7 rings (SSSR count). The van der Waals surface area contributed by atoms with Gasteiger partial charge in [-0.3, -0.25) is 4.79 Å². The van der Waals surface area contributed by atoms with Crippen LogP contribution in [0.3, 0.4) is 0 Å². The van der Waals surface area contributed by atoms with E-state index in [1.165, 1.54) is 29.4 Å². The molecular weight excluding hydrogens is 616 g/mol. The first-order valence-corrected chi connectivity index (χ1v) is 16.4. The van der Waals surface area contributed by atoms with E-state index in [0.717, 1.165) is 35.2 Å². The number of rotatable bonds is 6. The maximum atomic E-state index is 14.4. The Morgan fingerprint density at radius 1 is 0.935 bits per heavy atom. The number of aryl methyl sites for hydroxylation is 2. The molecule has 1 aliphatic heterocycles. The smallest absolute Gasteiger partial charge is 0.308 e. The van der Waals surface area contributed by atoms with Crippen LogP contribution in [0.25, 0.3) is 39.4 Å². The lowest BCUT2D eigenvalue weighted by atomic mass is 9.99. The number of halogens is 2. The summed E-state index contributed by atoms with van der Waals surface area (Å²) in [5, 5.41) is 4.07. The van der Waals surface area contributed by atoms with E-state index in [1.54, 1.807) is 16.7 Å². The fraction of sp³-hybridized carbons (Fsp3) is 0.212. The third-order valence-electron chi connectivity index (χ3n) is 8.19. The van der Waals surface area contributed by atoms with Gasteiger partial charge in [0.2, 0.25) is 5.91 Å². The highest BCUT2D eigenvalue weighted by molar-refractivity contribution is 7.90. The number of hydrogen-bond donors (Lipinski definition) is 0. The third-order valence-corrected chi connectivity index (χ3v) is 9.32. The Bertz CT molecular complexity index is 2240. The Morgan fingerprint density at radius 2 is 1.70 bits per heavy atom. The number of carbonyl (C=O) groups is 1. The predicted octanol–water partition coefficient (Wildman–Crippen LogP) is 6.89. The molecule has 0 saturated carbocycles. The SMILES string of the molecule is Cc1noc(C)c1-c1ccc2c(c1)nc([C@@H]1CCCC(=O)N1c1ccc(F)c(F)c1)n2-c1nc(-c2ccc(S(C)(=O)=O)cc2)co1. The number of imidazole rings is 1. The molecule has 1 amide bonds. The second-order valence-electron chi connectivity index (χ2n) is 11.3. The Labute approximate surface area is 262 Å². The highest BCUT2D eigenvalue weighted by atomic mass is 32.2. The molecule has 1 fully saturated rings. The van der Waals surface area contributed by atoms with E-state index in [1.807, 2.05) is 32.0 Å². The summed E-state index contributed by atoms with van der Waals surface area (Å²) in [6.45, 7) is 3.68. The number of fused-ring (bicyclic) bond motifs is 1.